The second kappa shape index (κ2) is 6.38. The van der Waals surface area contributed by atoms with Gasteiger partial charge in [-0.05, 0) is 18.2 Å². The molecule has 2 aromatic rings. The van der Waals surface area contributed by atoms with Crippen molar-refractivity contribution in [1.82, 2.24) is 4.98 Å². The molecule has 1 heterocycles. The maximum atomic E-state index is 11.8. The molecule has 0 aliphatic heterocycles. The number of urea groups is 1. The number of pyridine rings is 1. The maximum Gasteiger partial charge on any atom is 0.337 e. The molecule has 0 unspecified atom stereocenters. The average molecular weight is 287 g/mol. The highest BCUT2D eigenvalue weighted by atomic mass is 16.5. The van der Waals surface area contributed by atoms with Crippen LogP contribution in [0.2, 0.25) is 0 Å². The Morgan fingerprint density at radius 2 is 1.90 bits per heavy atom. The first-order valence-electron chi connectivity index (χ1n) is 5.99. The monoisotopic (exact) mass is 287 g/mol. The molecule has 1 aromatic carbocycles. The van der Waals surface area contributed by atoms with Gasteiger partial charge in [-0.25, -0.2) is 9.59 Å². The largest absolute Gasteiger partial charge is 0.497 e. The zero-order chi connectivity index (χ0) is 15.2. The number of benzene rings is 1. The van der Waals surface area contributed by atoms with Crippen LogP contribution in [0.25, 0.3) is 0 Å². The second-order valence-corrected chi connectivity index (χ2v) is 4.08. The van der Waals surface area contributed by atoms with E-state index in [2.05, 4.69) is 15.6 Å². The average Bonchev–Trinajstić information content (AvgIpc) is 2.47. The summed E-state index contributed by atoms with van der Waals surface area (Å²) in [6.07, 6.45) is 2.56. The fourth-order valence-corrected chi connectivity index (χ4v) is 1.62. The minimum Gasteiger partial charge on any atom is -0.497 e. The van der Waals surface area contributed by atoms with E-state index in [0.717, 1.165) is 0 Å². The van der Waals surface area contributed by atoms with Gasteiger partial charge in [-0.1, -0.05) is 6.07 Å². The zero-order valence-corrected chi connectivity index (χ0v) is 11.2. The van der Waals surface area contributed by atoms with Gasteiger partial charge in [-0.2, -0.15) is 0 Å². The number of rotatable bonds is 4. The van der Waals surface area contributed by atoms with Crippen LogP contribution >= 0.6 is 0 Å². The molecule has 0 spiro atoms. The van der Waals surface area contributed by atoms with Crippen LogP contribution in [0.15, 0.2) is 42.7 Å². The fourth-order valence-electron chi connectivity index (χ4n) is 1.62. The quantitative estimate of drug-likeness (QED) is 0.801. The van der Waals surface area contributed by atoms with E-state index in [0.29, 0.717) is 11.4 Å². The molecule has 2 rings (SSSR count). The van der Waals surface area contributed by atoms with Crippen LogP contribution in [0, 0.1) is 0 Å². The van der Waals surface area contributed by atoms with Gasteiger partial charge in [-0.15, -0.1) is 0 Å². The molecule has 108 valence electrons. The topological polar surface area (TPSA) is 101 Å². The molecule has 7 nitrogen and oxygen atoms in total. The molecule has 0 bridgehead atoms. The van der Waals surface area contributed by atoms with Gasteiger partial charge in [0.05, 0.1) is 24.6 Å². The lowest BCUT2D eigenvalue weighted by atomic mass is 10.2. The molecule has 0 fully saturated rings. The molecule has 0 aliphatic carbocycles. The summed E-state index contributed by atoms with van der Waals surface area (Å²) >= 11 is 0. The minimum atomic E-state index is -1.11. The summed E-state index contributed by atoms with van der Waals surface area (Å²) in [4.78, 5) is 26.4. The highest BCUT2D eigenvalue weighted by molar-refractivity contribution is 6.00. The third-order valence-electron chi connectivity index (χ3n) is 2.57. The lowest BCUT2D eigenvalue weighted by molar-refractivity contribution is 0.0696. The van der Waals surface area contributed by atoms with Crippen LogP contribution < -0.4 is 15.4 Å². The number of amides is 2. The van der Waals surface area contributed by atoms with E-state index in [-0.39, 0.29) is 11.3 Å². The summed E-state index contributed by atoms with van der Waals surface area (Å²) in [6.45, 7) is 0. The van der Waals surface area contributed by atoms with Crippen molar-refractivity contribution in [2.45, 2.75) is 0 Å². The van der Waals surface area contributed by atoms with Crippen LogP contribution in [0.5, 0.6) is 5.75 Å². The third-order valence-corrected chi connectivity index (χ3v) is 2.57. The molecule has 3 N–H and O–H groups in total. The van der Waals surface area contributed by atoms with Gasteiger partial charge in [-0.3, -0.25) is 4.98 Å². The van der Waals surface area contributed by atoms with Crippen molar-refractivity contribution in [3.05, 3.63) is 48.3 Å². The van der Waals surface area contributed by atoms with E-state index in [1.54, 1.807) is 24.3 Å². The summed E-state index contributed by atoms with van der Waals surface area (Å²) in [6, 6.07) is 7.66. The van der Waals surface area contributed by atoms with Crippen molar-refractivity contribution >= 4 is 23.4 Å². The molecule has 0 saturated heterocycles. The van der Waals surface area contributed by atoms with Crippen molar-refractivity contribution in [2.24, 2.45) is 0 Å². The predicted molar refractivity (Wildman–Crippen MR) is 76.8 cm³/mol. The van der Waals surface area contributed by atoms with E-state index in [1.807, 2.05) is 0 Å². The van der Waals surface area contributed by atoms with E-state index in [9.17, 15) is 9.59 Å². The molecule has 21 heavy (non-hydrogen) atoms. The van der Waals surface area contributed by atoms with Crippen molar-refractivity contribution < 1.29 is 19.4 Å². The van der Waals surface area contributed by atoms with Crippen LogP contribution in [0.1, 0.15) is 10.4 Å². The van der Waals surface area contributed by atoms with Gasteiger partial charge in [0.1, 0.15) is 5.75 Å². The number of hydrogen-bond donors (Lipinski definition) is 3. The Hall–Kier alpha value is -3.09. The van der Waals surface area contributed by atoms with Crippen molar-refractivity contribution in [2.75, 3.05) is 17.7 Å². The Bertz CT molecular complexity index is 673. The minimum absolute atomic E-state index is 0.00539. The van der Waals surface area contributed by atoms with Crippen LogP contribution in [0.3, 0.4) is 0 Å². The van der Waals surface area contributed by atoms with Crippen molar-refractivity contribution in [1.29, 1.82) is 0 Å². The molecule has 0 atom stereocenters. The molecule has 2 amide bonds. The Labute approximate surface area is 120 Å². The fraction of sp³-hybridized carbons (Fsp3) is 0.0714. The Balaban J connectivity index is 2.04. The number of ether oxygens (including phenoxy) is 1. The molecular formula is C14H13N3O4. The zero-order valence-electron chi connectivity index (χ0n) is 11.2. The third kappa shape index (κ3) is 3.93. The number of carbonyl (C=O) groups excluding carboxylic acids is 1. The first-order chi connectivity index (χ1) is 10.1. The number of nitrogens with one attached hydrogen (secondary N) is 2. The molecule has 0 saturated carbocycles. The number of aromatic carboxylic acids is 1. The van der Waals surface area contributed by atoms with Gasteiger partial charge in [0.25, 0.3) is 0 Å². The number of carbonyl (C=O) groups is 2. The first kappa shape index (κ1) is 14.3. The van der Waals surface area contributed by atoms with Gasteiger partial charge in [0.15, 0.2) is 0 Å². The Morgan fingerprint density at radius 1 is 1.14 bits per heavy atom. The van der Waals surface area contributed by atoms with Crippen molar-refractivity contribution in [3.8, 4) is 5.75 Å². The number of anilines is 2. The van der Waals surface area contributed by atoms with E-state index in [1.165, 1.54) is 25.6 Å². The highest BCUT2D eigenvalue weighted by Gasteiger charge is 2.07. The number of aromatic nitrogens is 1. The van der Waals surface area contributed by atoms with E-state index in [4.69, 9.17) is 9.84 Å². The lowest BCUT2D eigenvalue weighted by Gasteiger charge is -2.08. The molecule has 7 heteroatoms. The van der Waals surface area contributed by atoms with Gasteiger partial charge in [0.2, 0.25) is 0 Å². The lowest BCUT2D eigenvalue weighted by Crippen LogP contribution is -2.19. The smallest absolute Gasteiger partial charge is 0.337 e. The Kier molecular flexibility index (Phi) is 4.35. The van der Waals surface area contributed by atoms with Gasteiger partial charge < -0.3 is 20.5 Å². The number of hydrogen-bond acceptors (Lipinski definition) is 4. The van der Waals surface area contributed by atoms with Gasteiger partial charge >= 0.3 is 12.0 Å². The SMILES string of the molecule is COc1cccc(NC(=O)Nc2cncc(C(=O)O)c2)c1. The first-order valence-corrected chi connectivity index (χ1v) is 5.99. The summed E-state index contributed by atoms with van der Waals surface area (Å²) in [5.41, 5.74) is 0.832. The molecule has 0 aliphatic rings. The number of carboxylic acids is 1. The van der Waals surface area contributed by atoms with Gasteiger partial charge in [0, 0.05) is 18.0 Å². The standard InChI is InChI=1S/C14H13N3O4/c1-21-12-4-2-3-10(6-12)16-14(20)17-11-5-9(13(18)19)7-15-8-11/h2-8H,1H3,(H,18,19)(H2,16,17,20). The van der Waals surface area contributed by atoms with E-state index < -0.39 is 12.0 Å². The number of methoxy groups -OCH3 is 1. The summed E-state index contributed by atoms with van der Waals surface area (Å²) < 4.78 is 5.05. The molecule has 0 radical (unpaired) electrons. The number of carboxylic acid groups (broad SMARTS) is 1. The van der Waals surface area contributed by atoms with Crippen LogP contribution in [-0.4, -0.2) is 29.2 Å². The Morgan fingerprint density at radius 3 is 2.62 bits per heavy atom. The summed E-state index contributed by atoms with van der Waals surface area (Å²) in [5.74, 6) is -0.498. The van der Waals surface area contributed by atoms with E-state index >= 15 is 0 Å². The second-order valence-electron chi connectivity index (χ2n) is 4.08. The normalized spacial score (nSPS) is 9.76. The summed E-state index contributed by atoms with van der Waals surface area (Å²) in [5, 5.41) is 14.0. The highest BCUT2D eigenvalue weighted by Crippen LogP contribution is 2.17. The van der Waals surface area contributed by atoms with Crippen molar-refractivity contribution in [3.63, 3.8) is 0 Å². The molecule has 1 aromatic heterocycles. The van der Waals surface area contributed by atoms with Crippen LogP contribution in [-0.2, 0) is 0 Å². The predicted octanol–water partition coefficient (Wildman–Crippen LogP) is 2.43. The maximum absolute atomic E-state index is 11.8. The summed E-state index contributed by atoms with van der Waals surface area (Å²) in [7, 11) is 1.53. The van der Waals surface area contributed by atoms with Crippen LogP contribution in [0.4, 0.5) is 16.2 Å². The molecular weight excluding hydrogens is 274 g/mol. The number of nitrogens with zero attached hydrogens (tertiary/aromatic N) is 1.